The van der Waals surface area contributed by atoms with E-state index in [1.165, 1.54) is 6.26 Å². The molecule has 1 heterocycles. The third-order valence-corrected chi connectivity index (χ3v) is 3.63. The summed E-state index contributed by atoms with van der Waals surface area (Å²) < 4.78 is 5.19. The fourth-order valence-corrected chi connectivity index (χ4v) is 2.34. The predicted octanol–water partition coefficient (Wildman–Crippen LogP) is 3.61. The second kappa shape index (κ2) is 6.46. The largest absolute Gasteiger partial charge is 0.466 e. The van der Waals surface area contributed by atoms with Crippen LogP contribution >= 0.6 is 0 Å². The molecule has 0 fully saturated rings. The van der Waals surface area contributed by atoms with Crippen LogP contribution in [-0.2, 0) is 11.0 Å². The van der Waals surface area contributed by atoms with Crippen molar-refractivity contribution in [3.8, 4) is 0 Å². The van der Waals surface area contributed by atoms with Crippen LogP contribution in [0.25, 0.3) is 0 Å². The summed E-state index contributed by atoms with van der Waals surface area (Å²) in [5.41, 5.74) is 0.469. The number of aliphatic hydroxyl groups is 1. The highest BCUT2D eigenvalue weighted by Gasteiger charge is 2.27. The Morgan fingerprint density at radius 1 is 1.13 bits per heavy atom. The van der Waals surface area contributed by atoms with Crippen molar-refractivity contribution in [2.45, 2.75) is 38.7 Å². The summed E-state index contributed by atoms with van der Waals surface area (Å²) in [6.07, 6.45) is 1.49. The molecule has 1 atom stereocenters. The standard InChI is InChI=1S/C18H24N2O3/c1-17(2,3)13-8-5-6-9-14(13)20-16(21)19-12-18(4,22)15-10-7-11-23-15/h5-11,22H,12H2,1-4H3,(H2,19,20,21). The average molecular weight is 316 g/mol. The molecular formula is C18H24N2O3. The molecule has 2 rings (SSSR count). The molecule has 0 bridgehead atoms. The Morgan fingerprint density at radius 2 is 1.83 bits per heavy atom. The molecule has 1 aromatic heterocycles. The quantitative estimate of drug-likeness (QED) is 0.806. The summed E-state index contributed by atoms with van der Waals surface area (Å²) in [4.78, 5) is 12.1. The Labute approximate surface area is 136 Å². The molecule has 0 saturated heterocycles. The number of rotatable bonds is 4. The molecule has 0 aliphatic rings. The lowest BCUT2D eigenvalue weighted by atomic mass is 9.86. The van der Waals surface area contributed by atoms with Gasteiger partial charge in [0.05, 0.1) is 12.8 Å². The number of furan rings is 1. The lowest BCUT2D eigenvalue weighted by molar-refractivity contribution is 0.0372. The monoisotopic (exact) mass is 316 g/mol. The molecule has 2 aromatic rings. The molecule has 5 heteroatoms. The van der Waals surface area contributed by atoms with E-state index in [0.717, 1.165) is 11.3 Å². The molecule has 0 saturated carbocycles. The summed E-state index contributed by atoms with van der Waals surface area (Å²) in [6, 6.07) is 10.7. The summed E-state index contributed by atoms with van der Waals surface area (Å²) >= 11 is 0. The van der Waals surface area contributed by atoms with Crippen molar-refractivity contribution in [2.75, 3.05) is 11.9 Å². The van der Waals surface area contributed by atoms with Crippen molar-refractivity contribution in [2.24, 2.45) is 0 Å². The minimum Gasteiger partial charge on any atom is -0.466 e. The Hall–Kier alpha value is -2.27. The van der Waals surface area contributed by atoms with Crippen LogP contribution in [-0.4, -0.2) is 17.7 Å². The normalized spacial score (nSPS) is 14.1. The van der Waals surface area contributed by atoms with Crippen molar-refractivity contribution in [3.63, 3.8) is 0 Å². The Bertz CT molecular complexity index is 655. The van der Waals surface area contributed by atoms with Crippen LogP contribution in [0.15, 0.2) is 47.1 Å². The van der Waals surface area contributed by atoms with E-state index in [-0.39, 0.29) is 18.0 Å². The lowest BCUT2D eigenvalue weighted by Crippen LogP contribution is -2.40. The fraction of sp³-hybridized carbons (Fsp3) is 0.389. The van der Waals surface area contributed by atoms with Gasteiger partial charge in [-0.05, 0) is 36.1 Å². The highest BCUT2D eigenvalue weighted by atomic mass is 16.4. The number of hydrogen-bond donors (Lipinski definition) is 3. The first-order valence-electron chi connectivity index (χ1n) is 7.61. The second-order valence-corrected chi connectivity index (χ2v) is 6.85. The zero-order valence-corrected chi connectivity index (χ0v) is 14.0. The first-order chi connectivity index (χ1) is 10.7. The van der Waals surface area contributed by atoms with Gasteiger partial charge in [-0.2, -0.15) is 0 Å². The number of nitrogens with one attached hydrogen (secondary N) is 2. The SMILES string of the molecule is CC(C)(C)c1ccccc1NC(=O)NCC(C)(O)c1ccco1. The Morgan fingerprint density at radius 3 is 2.43 bits per heavy atom. The van der Waals surface area contributed by atoms with Crippen LogP contribution in [0.2, 0.25) is 0 Å². The Kier molecular flexibility index (Phi) is 4.80. The number of urea groups is 1. The van der Waals surface area contributed by atoms with Gasteiger partial charge in [0.25, 0.3) is 0 Å². The molecule has 23 heavy (non-hydrogen) atoms. The zero-order chi connectivity index (χ0) is 17.1. The maximum absolute atomic E-state index is 12.1. The maximum Gasteiger partial charge on any atom is 0.319 e. The number of benzene rings is 1. The molecular weight excluding hydrogens is 292 g/mol. The molecule has 5 nitrogen and oxygen atoms in total. The highest BCUT2D eigenvalue weighted by Crippen LogP contribution is 2.29. The number of hydrogen-bond acceptors (Lipinski definition) is 3. The topological polar surface area (TPSA) is 74.5 Å². The number of carbonyl (C=O) groups excluding carboxylic acids is 1. The number of carbonyl (C=O) groups is 1. The molecule has 1 aromatic carbocycles. The van der Waals surface area contributed by atoms with Crippen LogP contribution in [0.3, 0.4) is 0 Å². The van der Waals surface area contributed by atoms with Gasteiger partial charge < -0.3 is 20.2 Å². The van der Waals surface area contributed by atoms with Gasteiger partial charge in [-0.25, -0.2) is 4.79 Å². The maximum atomic E-state index is 12.1. The first-order valence-corrected chi connectivity index (χ1v) is 7.61. The summed E-state index contributed by atoms with van der Waals surface area (Å²) in [5.74, 6) is 0.410. The minimum absolute atomic E-state index is 0.0457. The highest BCUT2D eigenvalue weighted by molar-refractivity contribution is 5.90. The summed E-state index contributed by atoms with van der Waals surface area (Å²) in [5, 5.41) is 15.9. The van der Waals surface area contributed by atoms with Crippen LogP contribution in [0.1, 0.15) is 39.0 Å². The van der Waals surface area contributed by atoms with Crippen LogP contribution < -0.4 is 10.6 Å². The number of para-hydroxylation sites is 1. The van der Waals surface area contributed by atoms with E-state index in [2.05, 4.69) is 31.4 Å². The number of anilines is 1. The molecule has 1 unspecified atom stereocenters. The predicted molar refractivity (Wildman–Crippen MR) is 90.4 cm³/mol. The smallest absolute Gasteiger partial charge is 0.319 e. The van der Waals surface area contributed by atoms with E-state index in [1.54, 1.807) is 19.1 Å². The van der Waals surface area contributed by atoms with Gasteiger partial charge in [0.2, 0.25) is 0 Å². The van der Waals surface area contributed by atoms with Crippen molar-refractivity contribution in [1.82, 2.24) is 5.32 Å². The summed E-state index contributed by atoms with van der Waals surface area (Å²) in [6.45, 7) is 7.91. The molecule has 0 spiro atoms. The third-order valence-electron chi connectivity index (χ3n) is 3.63. The van der Waals surface area contributed by atoms with E-state index < -0.39 is 5.60 Å². The van der Waals surface area contributed by atoms with Crippen molar-refractivity contribution in [1.29, 1.82) is 0 Å². The lowest BCUT2D eigenvalue weighted by Gasteiger charge is -2.24. The van der Waals surface area contributed by atoms with E-state index in [0.29, 0.717) is 5.76 Å². The van der Waals surface area contributed by atoms with Crippen molar-refractivity contribution in [3.05, 3.63) is 54.0 Å². The second-order valence-electron chi connectivity index (χ2n) is 6.85. The third kappa shape index (κ3) is 4.36. The van der Waals surface area contributed by atoms with Gasteiger partial charge in [0, 0.05) is 5.69 Å². The van der Waals surface area contributed by atoms with Crippen LogP contribution in [0.4, 0.5) is 10.5 Å². The van der Waals surface area contributed by atoms with Gasteiger partial charge >= 0.3 is 6.03 Å². The molecule has 0 aliphatic heterocycles. The molecule has 124 valence electrons. The van der Waals surface area contributed by atoms with Gasteiger partial charge in [0.15, 0.2) is 0 Å². The van der Waals surface area contributed by atoms with Crippen LogP contribution in [0.5, 0.6) is 0 Å². The molecule has 0 radical (unpaired) electrons. The molecule has 2 amide bonds. The van der Waals surface area contributed by atoms with Crippen molar-refractivity contribution >= 4 is 11.7 Å². The fourth-order valence-electron chi connectivity index (χ4n) is 2.34. The van der Waals surface area contributed by atoms with E-state index in [4.69, 9.17) is 4.42 Å². The van der Waals surface area contributed by atoms with E-state index >= 15 is 0 Å². The van der Waals surface area contributed by atoms with Crippen LogP contribution in [0, 0.1) is 0 Å². The van der Waals surface area contributed by atoms with Gasteiger partial charge in [-0.3, -0.25) is 0 Å². The average Bonchev–Trinajstić information content (AvgIpc) is 3.00. The van der Waals surface area contributed by atoms with Crippen molar-refractivity contribution < 1.29 is 14.3 Å². The van der Waals surface area contributed by atoms with Gasteiger partial charge in [-0.15, -0.1) is 0 Å². The van der Waals surface area contributed by atoms with E-state index in [1.807, 2.05) is 24.3 Å². The minimum atomic E-state index is -1.26. The van der Waals surface area contributed by atoms with E-state index in [9.17, 15) is 9.90 Å². The molecule has 0 aliphatic carbocycles. The van der Waals surface area contributed by atoms with Gasteiger partial charge in [-0.1, -0.05) is 39.0 Å². The van der Waals surface area contributed by atoms with Gasteiger partial charge in [0.1, 0.15) is 11.4 Å². The molecule has 3 N–H and O–H groups in total. The first kappa shape index (κ1) is 17.1. The summed E-state index contributed by atoms with van der Waals surface area (Å²) in [7, 11) is 0. The Balaban J connectivity index is 2.01. The number of amides is 2. The zero-order valence-electron chi connectivity index (χ0n) is 14.0.